The first-order valence-electron chi connectivity index (χ1n) is 7.32. The molecule has 106 valence electrons. The van der Waals surface area contributed by atoms with E-state index in [4.69, 9.17) is 0 Å². The van der Waals surface area contributed by atoms with E-state index in [2.05, 4.69) is 52.0 Å². The molecule has 0 atom stereocenters. The number of aromatic nitrogens is 4. The molecule has 0 amide bonds. The fourth-order valence-electron chi connectivity index (χ4n) is 2.69. The highest BCUT2D eigenvalue weighted by atomic mass is 15.5. The number of nitrogens with zero attached hydrogens (tertiary/aromatic N) is 4. The molecule has 1 aliphatic rings. The smallest absolute Gasteiger partial charge is 0.155 e. The Morgan fingerprint density at radius 3 is 2.70 bits per heavy atom. The number of hydrogen-bond acceptors (Lipinski definition) is 4. The third-order valence-electron chi connectivity index (χ3n) is 3.98. The summed E-state index contributed by atoms with van der Waals surface area (Å²) >= 11 is 0. The van der Waals surface area contributed by atoms with Gasteiger partial charge in [-0.25, -0.2) is 4.68 Å². The van der Waals surface area contributed by atoms with Crippen LogP contribution < -0.4 is 5.32 Å². The van der Waals surface area contributed by atoms with Crippen molar-refractivity contribution in [3.05, 3.63) is 41.2 Å². The molecule has 3 rings (SSSR count). The van der Waals surface area contributed by atoms with Crippen LogP contribution in [0, 0.1) is 12.8 Å². The summed E-state index contributed by atoms with van der Waals surface area (Å²) in [5.74, 6) is 1.66. The van der Waals surface area contributed by atoms with Gasteiger partial charge in [0.05, 0.1) is 0 Å². The molecule has 20 heavy (non-hydrogen) atoms. The largest absolute Gasteiger partial charge is 0.317 e. The monoisotopic (exact) mass is 271 g/mol. The lowest BCUT2D eigenvalue weighted by Gasteiger charge is -2.22. The van der Waals surface area contributed by atoms with E-state index in [1.807, 2.05) is 4.68 Å². The van der Waals surface area contributed by atoms with Gasteiger partial charge < -0.3 is 5.32 Å². The van der Waals surface area contributed by atoms with Gasteiger partial charge in [0.1, 0.15) is 0 Å². The van der Waals surface area contributed by atoms with Gasteiger partial charge in [-0.05, 0) is 54.8 Å². The lowest BCUT2D eigenvalue weighted by molar-refractivity contribution is 0.315. The number of aryl methyl sites for hydroxylation is 1. The highest BCUT2D eigenvalue weighted by Gasteiger charge is 2.16. The summed E-state index contributed by atoms with van der Waals surface area (Å²) in [5.41, 5.74) is 2.54. The number of hydrogen-bond donors (Lipinski definition) is 1. The van der Waals surface area contributed by atoms with Crippen molar-refractivity contribution >= 4 is 0 Å². The fraction of sp³-hybridized carbons (Fsp3) is 0.533. The van der Waals surface area contributed by atoms with Crippen LogP contribution in [0.4, 0.5) is 0 Å². The Hall–Kier alpha value is -1.75. The topological polar surface area (TPSA) is 55.6 Å². The van der Waals surface area contributed by atoms with Crippen LogP contribution in [0.15, 0.2) is 24.3 Å². The van der Waals surface area contributed by atoms with Crippen molar-refractivity contribution in [2.75, 3.05) is 13.1 Å². The second-order valence-corrected chi connectivity index (χ2v) is 5.63. The minimum Gasteiger partial charge on any atom is -0.317 e. The van der Waals surface area contributed by atoms with Crippen LogP contribution in [0.1, 0.15) is 29.8 Å². The highest BCUT2D eigenvalue weighted by Crippen LogP contribution is 2.15. The lowest BCUT2D eigenvalue weighted by atomic mass is 9.98. The maximum absolute atomic E-state index is 4.19. The normalized spacial score (nSPS) is 16.4. The first-order valence-corrected chi connectivity index (χ1v) is 7.32. The summed E-state index contributed by atoms with van der Waals surface area (Å²) in [6.07, 6.45) is 3.23. The Balaban J connectivity index is 1.68. The summed E-state index contributed by atoms with van der Waals surface area (Å²) in [5, 5.41) is 15.6. The van der Waals surface area contributed by atoms with Crippen LogP contribution in [-0.4, -0.2) is 33.3 Å². The average molecular weight is 271 g/mol. The molecule has 5 nitrogen and oxygen atoms in total. The third-order valence-corrected chi connectivity index (χ3v) is 3.98. The second kappa shape index (κ2) is 6.13. The van der Waals surface area contributed by atoms with Crippen molar-refractivity contribution < 1.29 is 0 Å². The Kier molecular flexibility index (Phi) is 4.06. The van der Waals surface area contributed by atoms with E-state index in [9.17, 15) is 0 Å². The molecule has 0 spiro atoms. The molecule has 1 saturated heterocycles. The lowest BCUT2D eigenvalue weighted by Crippen LogP contribution is -2.30. The fourth-order valence-corrected chi connectivity index (χ4v) is 2.69. The van der Waals surface area contributed by atoms with Gasteiger partial charge in [-0.15, -0.1) is 5.10 Å². The van der Waals surface area contributed by atoms with Crippen molar-refractivity contribution in [2.24, 2.45) is 5.92 Å². The summed E-state index contributed by atoms with van der Waals surface area (Å²) in [4.78, 5) is 0. The van der Waals surface area contributed by atoms with Gasteiger partial charge in [-0.3, -0.25) is 0 Å². The zero-order valence-corrected chi connectivity index (χ0v) is 11.9. The van der Waals surface area contributed by atoms with E-state index in [-0.39, 0.29) is 0 Å². The molecule has 1 fully saturated rings. The van der Waals surface area contributed by atoms with Crippen LogP contribution in [0.25, 0.3) is 0 Å². The minimum atomic E-state index is 0.691. The van der Waals surface area contributed by atoms with Gasteiger partial charge >= 0.3 is 0 Å². The minimum absolute atomic E-state index is 0.691. The maximum atomic E-state index is 4.19. The molecule has 2 aromatic rings. The molecule has 1 aromatic heterocycles. The van der Waals surface area contributed by atoms with Gasteiger partial charge in [-0.1, -0.05) is 29.8 Å². The molecule has 1 aromatic carbocycles. The van der Waals surface area contributed by atoms with E-state index in [1.54, 1.807) is 0 Å². The van der Waals surface area contributed by atoms with Gasteiger partial charge in [-0.2, -0.15) is 0 Å². The highest BCUT2D eigenvalue weighted by molar-refractivity contribution is 5.23. The third kappa shape index (κ3) is 3.22. The molecule has 0 radical (unpaired) electrons. The second-order valence-electron chi connectivity index (χ2n) is 5.63. The summed E-state index contributed by atoms with van der Waals surface area (Å²) < 4.78 is 1.98. The molecule has 0 saturated carbocycles. The standard InChI is InChI=1S/C15H21N5/c1-12-2-4-13(5-3-12)10-15-17-18-19-20(15)11-14-6-8-16-9-7-14/h2-5,14,16H,6-11H2,1H3. The van der Waals surface area contributed by atoms with Crippen molar-refractivity contribution in [1.82, 2.24) is 25.5 Å². The molecule has 0 aliphatic carbocycles. The van der Waals surface area contributed by atoms with Crippen molar-refractivity contribution in [2.45, 2.75) is 32.7 Å². The van der Waals surface area contributed by atoms with E-state index in [0.29, 0.717) is 5.92 Å². The Bertz CT molecular complexity index is 540. The average Bonchev–Trinajstić information content (AvgIpc) is 2.90. The number of piperidine rings is 1. The summed E-state index contributed by atoms with van der Waals surface area (Å²) in [6, 6.07) is 8.57. The van der Waals surface area contributed by atoms with Crippen molar-refractivity contribution in [3.8, 4) is 0 Å². The SMILES string of the molecule is Cc1ccc(Cc2nnnn2CC2CCNCC2)cc1. The number of rotatable bonds is 4. The first-order chi connectivity index (χ1) is 9.81. The zero-order chi connectivity index (χ0) is 13.8. The van der Waals surface area contributed by atoms with Gasteiger partial charge in [0.25, 0.3) is 0 Å². The molecule has 1 N–H and O–H groups in total. The summed E-state index contributed by atoms with van der Waals surface area (Å²) in [7, 11) is 0. The number of tetrazole rings is 1. The molecular formula is C15H21N5. The molecule has 0 bridgehead atoms. The van der Waals surface area contributed by atoms with Gasteiger partial charge in [0.15, 0.2) is 5.82 Å². The van der Waals surface area contributed by atoms with E-state index in [0.717, 1.165) is 31.9 Å². The predicted octanol–water partition coefficient (Wildman–Crippen LogP) is 1.57. The Morgan fingerprint density at radius 1 is 1.20 bits per heavy atom. The van der Waals surface area contributed by atoms with Crippen molar-refractivity contribution in [3.63, 3.8) is 0 Å². The quantitative estimate of drug-likeness (QED) is 0.917. The molecule has 5 heteroatoms. The molecule has 1 aliphatic heterocycles. The first kappa shape index (κ1) is 13.2. The number of benzene rings is 1. The van der Waals surface area contributed by atoms with Crippen LogP contribution >= 0.6 is 0 Å². The van der Waals surface area contributed by atoms with E-state index < -0.39 is 0 Å². The molecule has 2 heterocycles. The van der Waals surface area contributed by atoms with Crippen LogP contribution in [0.3, 0.4) is 0 Å². The predicted molar refractivity (Wildman–Crippen MR) is 77.4 cm³/mol. The Labute approximate surface area is 119 Å². The van der Waals surface area contributed by atoms with Crippen LogP contribution in [0.5, 0.6) is 0 Å². The van der Waals surface area contributed by atoms with Gasteiger partial charge in [0.2, 0.25) is 0 Å². The molecule has 0 unspecified atom stereocenters. The zero-order valence-electron chi connectivity index (χ0n) is 11.9. The van der Waals surface area contributed by atoms with Gasteiger partial charge in [0, 0.05) is 13.0 Å². The maximum Gasteiger partial charge on any atom is 0.155 e. The van der Waals surface area contributed by atoms with Crippen LogP contribution in [0.2, 0.25) is 0 Å². The van der Waals surface area contributed by atoms with E-state index >= 15 is 0 Å². The molecular weight excluding hydrogens is 250 g/mol. The van der Waals surface area contributed by atoms with Crippen molar-refractivity contribution in [1.29, 1.82) is 0 Å². The number of nitrogens with one attached hydrogen (secondary N) is 1. The summed E-state index contributed by atoms with van der Waals surface area (Å²) in [6.45, 7) is 5.26. The van der Waals surface area contributed by atoms with E-state index in [1.165, 1.54) is 24.0 Å². The Morgan fingerprint density at radius 2 is 1.95 bits per heavy atom. The van der Waals surface area contributed by atoms with Crippen LogP contribution in [-0.2, 0) is 13.0 Å².